The first kappa shape index (κ1) is 15.8. The summed E-state index contributed by atoms with van der Waals surface area (Å²) in [6.45, 7) is 0. The van der Waals surface area contributed by atoms with Crippen molar-refractivity contribution in [3.05, 3.63) is 46.9 Å². The first-order valence-corrected chi connectivity index (χ1v) is 6.08. The molecule has 0 aromatic heterocycles. The van der Waals surface area contributed by atoms with Crippen molar-refractivity contribution in [1.82, 2.24) is 0 Å². The van der Waals surface area contributed by atoms with Crippen molar-refractivity contribution < 1.29 is 34.8 Å². The van der Waals surface area contributed by atoms with Crippen molar-refractivity contribution >= 4 is 29.1 Å². The Hall–Kier alpha value is -3.62. The van der Waals surface area contributed by atoms with Crippen LogP contribution in [-0.2, 0) is 9.59 Å². The van der Waals surface area contributed by atoms with E-state index in [9.17, 15) is 24.6 Å². The number of carboxylic acid groups (broad SMARTS) is 2. The van der Waals surface area contributed by atoms with Gasteiger partial charge in [0.1, 0.15) is 17.0 Å². The quantitative estimate of drug-likeness (QED) is 0.351. The molecule has 9 heteroatoms. The van der Waals surface area contributed by atoms with E-state index in [1.165, 1.54) is 12.1 Å². The smallest absolute Gasteiger partial charge is 0.341 e. The number of ketones is 1. The summed E-state index contributed by atoms with van der Waals surface area (Å²) in [7, 11) is 0. The fourth-order valence-electron chi connectivity index (χ4n) is 1.94. The monoisotopic (exact) mass is 318 g/mol. The van der Waals surface area contributed by atoms with Crippen LogP contribution in [0.5, 0.6) is 5.75 Å². The normalized spacial score (nSPS) is 14.5. The first-order valence-electron chi connectivity index (χ1n) is 6.08. The number of carbonyl (C=O) groups excluding carboxylic acids is 1. The lowest BCUT2D eigenvalue weighted by Crippen LogP contribution is -2.27. The van der Waals surface area contributed by atoms with Gasteiger partial charge in [0, 0.05) is 6.08 Å². The molecule has 0 amide bonds. The SMILES string of the molecule is N=C1C(=O)C=C(Nc2c(O)cccc2C(=O)O)C(O)=C1C(=O)O. The third kappa shape index (κ3) is 2.75. The van der Waals surface area contributed by atoms with Crippen LogP contribution in [0.3, 0.4) is 0 Å². The third-order valence-corrected chi connectivity index (χ3v) is 3.01. The highest BCUT2D eigenvalue weighted by atomic mass is 16.4. The van der Waals surface area contributed by atoms with Crippen LogP contribution in [0.4, 0.5) is 5.69 Å². The van der Waals surface area contributed by atoms with E-state index in [2.05, 4.69) is 5.32 Å². The van der Waals surface area contributed by atoms with Crippen LogP contribution in [0.2, 0.25) is 0 Å². The zero-order valence-corrected chi connectivity index (χ0v) is 11.3. The number of aliphatic hydroxyl groups excluding tert-OH is 1. The molecule has 0 aliphatic heterocycles. The van der Waals surface area contributed by atoms with Gasteiger partial charge in [0.25, 0.3) is 0 Å². The van der Waals surface area contributed by atoms with Gasteiger partial charge in [-0.05, 0) is 12.1 Å². The van der Waals surface area contributed by atoms with Gasteiger partial charge in [0.2, 0.25) is 5.78 Å². The van der Waals surface area contributed by atoms with E-state index in [1.54, 1.807) is 0 Å². The fourth-order valence-corrected chi connectivity index (χ4v) is 1.94. The topological polar surface area (TPSA) is 168 Å². The second kappa shape index (κ2) is 5.64. The number of benzene rings is 1. The highest BCUT2D eigenvalue weighted by molar-refractivity contribution is 6.54. The number of nitrogens with one attached hydrogen (secondary N) is 2. The summed E-state index contributed by atoms with van der Waals surface area (Å²) in [6.07, 6.45) is 0.738. The maximum Gasteiger partial charge on any atom is 0.341 e. The molecule has 0 spiro atoms. The average Bonchev–Trinajstić information content (AvgIpc) is 2.46. The molecular formula is C14H10N2O7. The molecule has 2 rings (SSSR count). The number of hydrogen-bond donors (Lipinski definition) is 6. The number of aromatic carboxylic acids is 1. The molecule has 0 saturated carbocycles. The lowest BCUT2D eigenvalue weighted by atomic mass is 9.97. The van der Waals surface area contributed by atoms with E-state index >= 15 is 0 Å². The van der Waals surface area contributed by atoms with Crippen LogP contribution in [0, 0.1) is 5.41 Å². The van der Waals surface area contributed by atoms with Gasteiger partial charge in [-0.25, -0.2) is 9.59 Å². The molecule has 0 unspecified atom stereocenters. The maximum absolute atomic E-state index is 11.6. The van der Waals surface area contributed by atoms with Crippen LogP contribution in [-0.4, -0.2) is 43.9 Å². The lowest BCUT2D eigenvalue weighted by molar-refractivity contribution is -0.132. The van der Waals surface area contributed by atoms with Crippen LogP contribution in [0.15, 0.2) is 41.3 Å². The van der Waals surface area contributed by atoms with Crippen molar-refractivity contribution in [3.63, 3.8) is 0 Å². The van der Waals surface area contributed by atoms with Crippen molar-refractivity contribution in [2.45, 2.75) is 0 Å². The Kier molecular flexibility index (Phi) is 3.86. The molecule has 23 heavy (non-hydrogen) atoms. The highest BCUT2D eigenvalue weighted by Crippen LogP contribution is 2.31. The van der Waals surface area contributed by atoms with Crippen molar-refractivity contribution in [1.29, 1.82) is 5.41 Å². The molecule has 0 radical (unpaired) electrons. The summed E-state index contributed by atoms with van der Waals surface area (Å²) in [5.41, 5.74) is -2.96. The van der Waals surface area contributed by atoms with E-state index in [0.29, 0.717) is 0 Å². The van der Waals surface area contributed by atoms with Gasteiger partial charge < -0.3 is 25.7 Å². The van der Waals surface area contributed by atoms with Gasteiger partial charge in [0.15, 0.2) is 5.76 Å². The molecule has 1 aromatic carbocycles. The zero-order chi connectivity index (χ0) is 17.3. The predicted molar refractivity (Wildman–Crippen MR) is 76.8 cm³/mol. The number of aromatic hydroxyl groups is 1. The molecule has 0 fully saturated rings. The Balaban J connectivity index is 2.55. The molecule has 1 aromatic rings. The van der Waals surface area contributed by atoms with E-state index in [1.807, 2.05) is 0 Å². The number of hydrogen-bond acceptors (Lipinski definition) is 7. The second-order valence-corrected chi connectivity index (χ2v) is 4.46. The Morgan fingerprint density at radius 2 is 1.74 bits per heavy atom. The number of aliphatic hydroxyl groups is 1. The lowest BCUT2D eigenvalue weighted by Gasteiger charge is -2.18. The molecule has 0 saturated heterocycles. The summed E-state index contributed by atoms with van der Waals surface area (Å²) >= 11 is 0. The van der Waals surface area contributed by atoms with Crippen molar-refractivity contribution in [3.8, 4) is 5.75 Å². The number of carbonyl (C=O) groups is 3. The minimum Gasteiger partial charge on any atom is -0.506 e. The van der Waals surface area contributed by atoms with Gasteiger partial charge >= 0.3 is 11.9 Å². The number of carboxylic acids is 2. The van der Waals surface area contributed by atoms with E-state index < -0.39 is 46.2 Å². The molecule has 1 aliphatic carbocycles. The highest BCUT2D eigenvalue weighted by Gasteiger charge is 2.31. The van der Waals surface area contributed by atoms with Crippen LogP contribution in [0.25, 0.3) is 0 Å². The molecule has 6 N–H and O–H groups in total. The van der Waals surface area contributed by atoms with E-state index in [4.69, 9.17) is 15.6 Å². The van der Waals surface area contributed by atoms with Gasteiger partial charge in [-0.3, -0.25) is 10.2 Å². The molecule has 1 aliphatic rings. The van der Waals surface area contributed by atoms with Crippen molar-refractivity contribution in [2.75, 3.05) is 5.32 Å². The summed E-state index contributed by atoms with van der Waals surface area (Å²) in [6, 6.07) is 3.61. The van der Waals surface area contributed by atoms with E-state index in [0.717, 1.165) is 12.1 Å². The minimum absolute atomic E-state index is 0.330. The van der Waals surface area contributed by atoms with Gasteiger partial charge in [-0.15, -0.1) is 0 Å². The Bertz CT molecular complexity index is 820. The molecule has 0 atom stereocenters. The van der Waals surface area contributed by atoms with Crippen LogP contribution < -0.4 is 5.32 Å². The Labute approximate surface area is 128 Å². The maximum atomic E-state index is 11.6. The number of para-hydroxylation sites is 1. The zero-order valence-electron chi connectivity index (χ0n) is 11.3. The second-order valence-electron chi connectivity index (χ2n) is 4.46. The molecule has 9 nitrogen and oxygen atoms in total. The number of aliphatic carboxylic acids is 1. The van der Waals surface area contributed by atoms with Crippen molar-refractivity contribution in [2.24, 2.45) is 0 Å². The number of allylic oxidation sites excluding steroid dienone is 1. The van der Waals surface area contributed by atoms with Gasteiger partial charge in [-0.1, -0.05) is 6.07 Å². The fraction of sp³-hybridized carbons (Fsp3) is 0. The van der Waals surface area contributed by atoms with E-state index in [-0.39, 0.29) is 11.3 Å². The Morgan fingerprint density at radius 3 is 2.30 bits per heavy atom. The number of rotatable bonds is 4. The summed E-state index contributed by atoms with van der Waals surface area (Å²) in [5, 5.41) is 47.4. The van der Waals surface area contributed by atoms with Crippen LogP contribution in [0.1, 0.15) is 10.4 Å². The molecule has 0 heterocycles. The summed E-state index contributed by atoms with van der Waals surface area (Å²) < 4.78 is 0. The number of phenolic OH excluding ortho intramolecular Hbond substituents is 1. The third-order valence-electron chi connectivity index (χ3n) is 3.01. The predicted octanol–water partition coefficient (Wildman–Crippen LogP) is 0.885. The standard InChI is InChI=1S/C14H10N2O7/c15-10-8(18)4-6(12(19)9(10)14(22)23)16-11-5(13(20)21)2-1-3-7(11)17/h1-4,15-17,19H,(H,20,21)(H,22,23). The van der Waals surface area contributed by atoms with Gasteiger partial charge in [0.05, 0.1) is 16.9 Å². The molecule has 118 valence electrons. The molecule has 0 bridgehead atoms. The summed E-state index contributed by atoms with van der Waals surface area (Å²) in [5.74, 6) is -5.47. The largest absolute Gasteiger partial charge is 0.506 e. The first-order chi connectivity index (χ1) is 10.7. The Morgan fingerprint density at radius 1 is 1.09 bits per heavy atom. The number of anilines is 1. The number of phenols is 1. The average molecular weight is 318 g/mol. The van der Waals surface area contributed by atoms with Crippen LogP contribution >= 0.6 is 0 Å². The summed E-state index contributed by atoms with van der Waals surface area (Å²) in [4.78, 5) is 33.8. The van der Waals surface area contributed by atoms with Gasteiger partial charge in [-0.2, -0.15) is 0 Å². The minimum atomic E-state index is -1.69. The molecular weight excluding hydrogens is 308 g/mol.